The summed E-state index contributed by atoms with van der Waals surface area (Å²) in [4.78, 5) is 0.774. The van der Waals surface area contributed by atoms with Gasteiger partial charge in [0.15, 0.2) is 0 Å². The molecular weight excluding hydrogens is 264 g/mol. The third-order valence-corrected chi connectivity index (χ3v) is 4.57. The molecule has 0 fully saturated rings. The van der Waals surface area contributed by atoms with Crippen molar-refractivity contribution in [2.45, 2.75) is 50.8 Å². The van der Waals surface area contributed by atoms with Gasteiger partial charge in [-0.2, -0.15) is 0 Å². The molecule has 0 heterocycles. The molecular formula is C15H21ClOS. The van der Waals surface area contributed by atoms with E-state index in [9.17, 15) is 4.21 Å². The molecule has 0 aliphatic rings. The molecule has 0 N–H and O–H groups in total. The molecule has 0 amide bonds. The highest BCUT2D eigenvalue weighted by Crippen LogP contribution is 2.19. The SMILES string of the molecule is CCCCCC/C=C(\Cl)S(=O)c1ccc(C)cc1. The van der Waals surface area contributed by atoms with Crippen molar-refractivity contribution in [3.8, 4) is 0 Å². The van der Waals surface area contributed by atoms with Gasteiger partial charge in [-0.1, -0.05) is 61.6 Å². The smallest absolute Gasteiger partial charge is 0.106 e. The zero-order valence-electron chi connectivity index (χ0n) is 11.1. The van der Waals surface area contributed by atoms with Crippen molar-refractivity contribution in [1.82, 2.24) is 0 Å². The molecule has 0 radical (unpaired) electrons. The summed E-state index contributed by atoms with van der Waals surface area (Å²) in [5, 5.41) is 0. The average Bonchev–Trinajstić information content (AvgIpc) is 2.38. The molecule has 3 heteroatoms. The fraction of sp³-hybridized carbons (Fsp3) is 0.467. The van der Waals surface area contributed by atoms with Gasteiger partial charge in [0.1, 0.15) is 4.36 Å². The first-order valence-electron chi connectivity index (χ1n) is 6.49. The lowest BCUT2D eigenvalue weighted by atomic mass is 10.2. The molecule has 100 valence electrons. The van der Waals surface area contributed by atoms with Crippen LogP contribution >= 0.6 is 11.6 Å². The standard InChI is InChI=1S/C15H21ClOS/c1-3-4-5-6-7-8-15(16)18(17)14-11-9-13(2)10-12-14/h8-12H,3-7H2,1-2H3/b15-8+. The molecule has 1 atom stereocenters. The van der Waals surface area contributed by atoms with Crippen molar-refractivity contribution in [3.63, 3.8) is 0 Å². The summed E-state index contributed by atoms with van der Waals surface area (Å²) < 4.78 is 12.5. The van der Waals surface area contributed by atoms with Gasteiger partial charge in [-0.05, 0) is 31.9 Å². The van der Waals surface area contributed by atoms with Crippen LogP contribution in [-0.2, 0) is 10.8 Å². The van der Waals surface area contributed by atoms with Crippen LogP contribution in [0, 0.1) is 6.92 Å². The Hall–Kier alpha value is -0.600. The van der Waals surface area contributed by atoms with Gasteiger partial charge in [0.25, 0.3) is 0 Å². The predicted molar refractivity (Wildman–Crippen MR) is 80.3 cm³/mol. The topological polar surface area (TPSA) is 17.1 Å². The van der Waals surface area contributed by atoms with Crippen LogP contribution in [0.3, 0.4) is 0 Å². The molecule has 0 aliphatic carbocycles. The summed E-state index contributed by atoms with van der Waals surface area (Å²) in [5.41, 5.74) is 1.16. The minimum atomic E-state index is -1.22. The zero-order valence-corrected chi connectivity index (χ0v) is 12.7. The summed E-state index contributed by atoms with van der Waals surface area (Å²) in [6.45, 7) is 4.20. The second-order valence-corrected chi connectivity index (χ2v) is 6.52. The Morgan fingerprint density at radius 2 is 1.89 bits per heavy atom. The molecule has 1 unspecified atom stereocenters. The molecule has 0 saturated carbocycles. The monoisotopic (exact) mass is 284 g/mol. The van der Waals surface area contributed by atoms with Crippen LogP contribution in [-0.4, -0.2) is 4.21 Å². The number of rotatable bonds is 7. The molecule has 0 aromatic heterocycles. The second-order valence-electron chi connectivity index (χ2n) is 4.44. The van der Waals surface area contributed by atoms with Gasteiger partial charge in [-0.25, -0.2) is 4.21 Å². The molecule has 0 saturated heterocycles. The fourth-order valence-electron chi connectivity index (χ4n) is 1.64. The lowest BCUT2D eigenvalue weighted by Crippen LogP contribution is -1.91. The van der Waals surface area contributed by atoms with E-state index < -0.39 is 10.8 Å². The molecule has 18 heavy (non-hydrogen) atoms. The van der Waals surface area contributed by atoms with Crippen LogP contribution in [0.25, 0.3) is 0 Å². The van der Waals surface area contributed by atoms with E-state index in [4.69, 9.17) is 11.6 Å². The number of halogens is 1. The molecule has 0 spiro atoms. The fourth-order valence-corrected chi connectivity index (χ4v) is 2.89. The summed E-state index contributed by atoms with van der Waals surface area (Å²) in [6, 6.07) is 7.66. The van der Waals surface area contributed by atoms with Gasteiger partial charge in [0.2, 0.25) is 0 Å². The van der Waals surface area contributed by atoms with Crippen LogP contribution in [0.1, 0.15) is 44.6 Å². The van der Waals surface area contributed by atoms with Gasteiger partial charge in [0, 0.05) is 4.90 Å². The number of benzene rings is 1. The van der Waals surface area contributed by atoms with Gasteiger partial charge >= 0.3 is 0 Å². The van der Waals surface area contributed by atoms with Crippen LogP contribution in [0.15, 0.2) is 39.6 Å². The van der Waals surface area contributed by atoms with Crippen LogP contribution in [0.4, 0.5) is 0 Å². The Balaban J connectivity index is 2.50. The van der Waals surface area contributed by atoms with E-state index in [0.29, 0.717) is 4.36 Å². The second kappa shape index (κ2) is 8.49. The molecule has 0 aliphatic heterocycles. The maximum Gasteiger partial charge on any atom is 0.106 e. The lowest BCUT2D eigenvalue weighted by molar-refractivity contribution is 0.673. The van der Waals surface area contributed by atoms with Gasteiger partial charge in [-0.3, -0.25) is 0 Å². The molecule has 1 nitrogen and oxygen atoms in total. The van der Waals surface area contributed by atoms with Crippen LogP contribution in [0.5, 0.6) is 0 Å². The number of unbranched alkanes of at least 4 members (excludes halogenated alkanes) is 4. The van der Waals surface area contributed by atoms with Crippen LogP contribution in [0.2, 0.25) is 0 Å². The Labute approximate surface area is 118 Å². The summed E-state index contributed by atoms with van der Waals surface area (Å²) in [6.07, 6.45) is 7.63. The van der Waals surface area contributed by atoms with Crippen molar-refractivity contribution in [2.24, 2.45) is 0 Å². The first-order valence-corrected chi connectivity index (χ1v) is 8.02. The van der Waals surface area contributed by atoms with Gasteiger partial charge < -0.3 is 0 Å². The Morgan fingerprint density at radius 1 is 1.22 bits per heavy atom. The van der Waals surface area contributed by atoms with Crippen molar-refractivity contribution in [3.05, 3.63) is 40.3 Å². The summed E-state index contributed by atoms with van der Waals surface area (Å²) in [7, 11) is -1.22. The molecule has 1 aromatic rings. The van der Waals surface area contributed by atoms with E-state index in [1.54, 1.807) is 0 Å². The molecule has 1 aromatic carbocycles. The van der Waals surface area contributed by atoms with Crippen molar-refractivity contribution in [2.75, 3.05) is 0 Å². The number of allylic oxidation sites excluding steroid dienone is 1. The maximum atomic E-state index is 12.1. The van der Waals surface area contributed by atoms with E-state index >= 15 is 0 Å². The van der Waals surface area contributed by atoms with Crippen molar-refractivity contribution >= 4 is 22.4 Å². The minimum Gasteiger partial charge on any atom is -0.248 e. The highest BCUT2D eigenvalue weighted by molar-refractivity contribution is 7.90. The highest BCUT2D eigenvalue weighted by Gasteiger charge is 2.07. The number of hydrogen-bond acceptors (Lipinski definition) is 1. The quantitative estimate of drug-likeness (QED) is 0.633. The predicted octanol–water partition coefficient (Wildman–Crippen LogP) is 5.15. The molecule has 0 bridgehead atoms. The largest absolute Gasteiger partial charge is 0.248 e. The summed E-state index contributed by atoms with van der Waals surface area (Å²) in [5.74, 6) is 0. The van der Waals surface area contributed by atoms with Crippen LogP contribution < -0.4 is 0 Å². The normalized spacial score (nSPS) is 13.6. The van der Waals surface area contributed by atoms with E-state index in [0.717, 1.165) is 23.3 Å². The average molecular weight is 285 g/mol. The zero-order chi connectivity index (χ0) is 13.4. The maximum absolute atomic E-state index is 12.1. The minimum absolute atomic E-state index is 0.454. The van der Waals surface area contributed by atoms with Gasteiger partial charge in [-0.15, -0.1) is 0 Å². The Morgan fingerprint density at radius 3 is 2.50 bits per heavy atom. The van der Waals surface area contributed by atoms with E-state index in [1.165, 1.54) is 19.3 Å². The van der Waals surface area contributed by atoms with Crippen molar-refractivity contribution < 1.29 is 4.21 Å². The first kappa shape index (κ1) is 15.5. The third-order valence-electron chi connectivity index (χ3n) is 2.77. The number of hydrogen-bond donors (Lipinski definition) is 0. The van der Waals surface area contributed by atoms with E-state index in [1.807, 2.05) is 37.3 Å². The highest BCUT2D eigenvalue weighted by atomic mass is 35.5. The Bertz CT molecular complexity index is 409. The third kappa shape index (κ3) is 5.36. The van der Waals surface area contributed by atoms with E-state index in [-0.39, 0.29) is 0 Å². The number of aryl methyl sites for hydroxylation is 1. The molecule has 1 rings (SSSR count). The Kier molecular flexibility index (Phi) is 7.29. The first-order chi connectivity index (χ1) is 8.65. The van der Waals surface area contributed by atoms with Crippen molar-refractivity contribution in [1.29, 1.82) is 0 Å². The van der Waals surface area contributed by atoms with E-state index in [2.05, 4.69) is 6.92 Å². The lowest BCUT2D eigenvalue weighted by Gasteiger charge is -2.02. The van der Waals surface area contributed by atoms with Gasteiger partial charge in [0.05, 0.1) is 10.8 Å². The summed E-state index contributed by atoms with van der Waals surface area (Å²) >= 11 is 6.08.